The van der Waals surface area contributed by atoms with Gasteiger partial charge in [0.05, 0.1) is 15.5 Å². The van der Waals surface area contributed by atoms with Crippen molar-refractivity contribution in [3.63, 3.8) is 0 Å². The normalized spacial score (nSPS) is 12.2. The molecule has 0 aliphatic heterocycles. The first-order valence-electron chi connectivity index (χ1n) is 6.22. The van der Waals surface area contributed by atoms with Crippen molar-refractivity contribution < 1.29 is 14.8 Å². The van der Waals surface area contributed by atoms with Crippen LogP contribution in [-0.4, -0.2) is 28.6 Å². The minimum atomic E-state index is -0.573. The number of nitro groups is 1. The summed E-state index contributed by atoms with van der Waals surface area (Å²) in [7, 11) is 0. The Morgan fingerprint density at radius 2 is 2.15 bits per heavy atom. The van der Waals surface area contributed by atoms with Gasteiger partial charge in [0.15, 0.2) is 0 Å². The smallest absolute Gasteiger partial charge is 0.270 e. The number of hydrogen-bond acceptors (Lipinski definition) is 4. The van der Waals surface area contributed by atoms with Gasteiger partial charge < -0.3 is 10.4 Å². The second kappa shape index (κ2) is 7.21. The third kappa shape index (κ3) is 4.18. The van der Waals surface area contributed by atoms with Crippen LogP contribution in [0.2, 0.25) is 5.02 Å². The van der Waals surface area contributed by atoms with Gasteiger partial charge in [-0.2, -0.15) is 0 Å². The summed E-state index contributed by atoms with van der Waals surface area (Å²) >= 11 is 5.89. The van der Waals surface area contributed by atoms with Gasteiger partial charge in [0.1, 0.15) is 0 Å². The Morgan fingerprint density at radius 1 is 1.50 bits per heavy atom. The molecule has 1 amide bonds. The molecule has 6 nitrogen and oxygen atoms in total. The highest BCUT2D eigenvalue weighted by molar-refractivity contribution is 6.34. The average Bonchev–Trinajstić information content (AvgIpc) is 2.37. The van der Waals surface area contributed by atoms with Gasteiger partial charge in [0.2, 0.25) is 0 Å². The average molecular weight is 301 g/mol. The molecule has 0 radical (unpaired) electrons. The molecule has 7 heteroatoms. The zero-order chi connectivity index (χ0) is 15.3. The molecule has 0 spiro atoms. The molecule has 1 rings (SSSR count). The number of aliphatic hydroxyl groups is 1. The Kier molecular flexibility index (Phi) is 5.91. The van der Waals surface area contributed by atoms with E-state index in [2.05, 4.69) is 5.32 Å². The lowest BCUT2D eigenvalue weighted by Gasteiger charge is -2.21. The molecule has 0 aliphatic carbocycles. The zero-order valence-electron chi connectivity index (χ0n) is 11.3. The standard InChI is InChI=1S/C13H17ClN2O4/c1-8(2)12(5-6-17)15-13(18)10-4-3-9(16(19)20)7-11(10)14/h3-4,7-8,12,17H,5-6H2,1-2H3,(H,15,18). The summed E-state index contributed by atoms with van der Waals surface area (Å²) < 4.78 is 0. The molecular formula is C13H17ClN2O4. The largest absolute Gasteiger partial charge is 0.396 e. The highest BCUT2D eigenvalue weighted by Gasteiger charge is 2.19. The van der Waals surface area contributed by atoms with Gasteiger partial charge in [-0.15, -0.1) is 0 Å². The number of non-ortho nitro benzene ring substituents is 1. The van der Waals surface area contributed by atoms with Crippen molar-refractivity contribution >= 4 is 23.2 Å². The van der Waals surface area contributed by atoms with E-state index in [-0.39, 0.29) is 34.8 Å². The van der Waals surface area contributed by atoms with E-state index in [0.717, 1.165) is 6.07 Å². The van der Waals surface area contributed by atoms with E-state index >= 15 is 0 Å². The maximum atomic E-state index is 12.1. The molecule has 1 unspecified atom stereocenters. The molecule has 1 atom stereocenters. The van der Waals surface area contributed by atoms with Crippen LogP contribution >= 0.6 is 11.6 Å². The molecule has 0 aliphatic rings. The fourth-order valence-corrected chi connectivity index (χ4v) is 2.02. The summed E-state index contributed by atoms with van der Waals surface area (Å²) in [6.07, 6.45) is 0.438. The van der Waals surface area contributed by atoms with Crippen molar-refractivity contribution in [1.82, 2.24) is 5.32 Å². The van der Waals surface area contributed by atoms with Gasteiger partial charge in [-0.3, -0.25) is 14.9 Å². The first kappa shape index (κ1) is 16.4. The molecule has 0 heterocycles. The third-order valence-electron chi connectivity index (χ3n) is 2.97. The van der Waals surface area contributed by atoms with E-state index in [0.29, 0.717) is 6.42 Å². The Balaban J connectivity index is 2.89. The van der Waals surface area contributed by atoms with Crippen molar-refractivity contribution in [2.24, 2.45) is 5.92 Å². The van der Waals surface area contributed by atoms with E-state index in [9.17, 15) is 14.9 Å². The molecule has 1 aromatic carbocycles. The minimum absolute atomic E-state index is 0.0306. The minimum Gasteiger partial charge on any atom is -0.396 e. The number of carbonyl (C=O) groups is 1. The van der Waals surface area contributed by atoms with Crippen LogP contribution in [0.1, 0.15) is 30.6 Å². The maximum Gasteiger partial charge on any atom is 0.270 e. The van der Waals surface area contributed by atoms with Crippen molar-refractivity contribution in [3.05, 3.63) is 38.9 Å². The summed E-state index contributed by atoms with van der Waals surface area (Å²) in [6.45, 7) is 3.83. The number of rotatable bonds is 6. The monoisotopic (exact) mass is 300 g/mol. The number of nitrogens with zero attached hydrogens (tertiary/aromatic N) is 1. The van der Waals surface area contributed by atoms with E-state index in [1.54, 1.807) is 0 Å². The summed E-state index contributed by atoms with van der Waals surface area (Å²) in [6, 6.07) is 3.52. The molecule has 0 saturated heterocycles. The topological polar surface area (TPSA) is 92.5 Å². The van der Waals surface area contributed by atoms with Crippen LogP contribution in [0, 0.1) is 16.0 Å². The van der Waals surface area contributed by atoms with Gasteiger partial charge in [0, 0.05) is 24.8 Å². The van der Waals surface area contributed by atoms with Crippen LogP contribution in [0.25, 0.3) is 0 Å². The molecule has 0 aromatic heterocycles. The number of benzene rings is 1. The first-order chi connectivity index (χ1) is 9.36. The van der Waals surface area contributed by atoms with Crippen molar-refractivity contribution in [3.8, 4) is 0 Å². The second-order valence-electron chi connectivity index (χ2n) is 4.76. The van der Waals surface area contributed by atoms with Crippen LogP contribution in [0.15, 0.2) is 18.2 Å². The fourth-order valence-electron chi connectivity index (χ4n) is 1.76. The van der Waals surface area contributed by atoms with Crippen LogP contribution < -0.4 is 5.32 Å². The highest BCUT2D eigenvalue weighted by atomic mass is 35.5. The fraction of sp³-hybridized carbons (Fsp3) is 0.462. The number of carbonyl (C=O) groups excluding carboxylic acids is 1. The molecule has 1 aromatic rings. The maximum absolute atomic E-state index is 12.1. The summed E-state index contributed by atoms with van der Waals surface area (Å²) in [5.41, 5.74) is 0.0168. The summed E-state index contributed by atoms with van der Waals surface area (Å²) in [5, 5.41) is 22.4. The Labute approximate surface area is 121 Å². The quantitative estimate of drug-likeness (QED) is 0.623. The number of halogens is 1. The lowest BCUT2D eigenvalue weighted by molar-refractivity contribution is -0.384. The van der Waals surface area contributed by atoms with Crippen LogP contribution in [0.5, 0.6) is 0 Å². The number of amides is 1. The summed E-state index contributed by atoms with van der Waals surface area (Å²) in [5.74, 6) is -0.250. The first-order valence-corrected chi connectivity index (χ1v) is 6.60. The van der Waals surface area contributed by atoms with Crippen LogP contribution in [0.4, 0.5) is 5.69 Å². The highest BCUT2D eigenvalue weighted by Crippen LogP contribution is 2.22. The van der Waals surface area contributed by atoms with Crippen LogP contribution in [0.3, 0.4) is 0 Å². The molecule has 2 N–H and O–H groups in total. The number of nitro benzene ring substituents is 1. The molecule has 0 bridgehead atoms. The van der Waals surface area contributed by atoms with E-state index in [1.807, 2.05) is 13.8 Å². The second-order valence-corrected chi connectivity index (χ2v) is 5.16. The Bertz CT molecular complexity index is 505. The lowest BCUT2D eigenvalue weighted by Crippen LogP contribution is -2.39. The van der Waals surface area contributed by atoms with Crippen molar-refractivity contribution in [1.29, 1.82) is 0 Å². The van der Waals surface area contributed by atoms with E-state index in [4.69, 9.17) is 16.7 Å². The third-order valence-corrected chi connectivity index (χ3v) is 3.28. The van der Waals surface area contributed by atoms with Gasteiger partial charge in [-0.05, 0) is 18.4 Å². The van der Waals surface area contributed by atoms with Crippen LogP contribution in [-0.2, 0) is 0 Å². The van der Waals surface area contributed by atoms with Crippen molar-refractivity contribution in [2.75, 3.05) is 6.61 Å². The molecular weight excluding hydrogens is 284 g/mol. The molecule has 110 valence electrons. The Morgan fingerprint density at radius 3 is 2.60 bits per heavy atom. The van der Waals surface area contributed by atoms with Gasteiger partial charge in [0.25, 0.3) is 11.6 Å². The molecule has 20 heavy (non-hydrogen) atoms. The van der Waals surface area contributed by atoms with Crippen molar-refractivity contribution in [2.45, 2.75) is 26.3 Å². The predicted octanol–water partition coefficient (Wildman–Crippen LogP) is 2.39. The lowest BCUT2D eigenvalue weighted by atomic mass is 10.0. The zero-order valence-corrected chi connectivity index (χ0v) is 12.1. The summed E-state index contributed by atoms with van der Waals surface area (Å²) in [4.78, 5) is 22.1. The van der Waals surface area contributed by atoms with E-state index < -0.39 is 10.8 Å². The predicted molar refractivity (Wildman–Crippen MR) is 75.9 cm³/mol. The SMILES string of the molecule is CC(C)C(CCO)NC(=O)c1ccc([N+](=O)[O-])cc1Cl. The van der Waals surface area contributed by atoms with Gasteiger partial charge in [-0.25, -0.2) is 0 Å². The number of nitrogens with one attached hydrogen (secondary N) is 1. The number of hydrogen-bond donors (Lipinski definition) is 2. The Hall–Kier alpha value is -1.66. The number of aliphatic hydroxyl groups excluding tert-OH is 1. The molecule has 0 saturated carbocycles. The van der Waals surface area contributed by atoms with Gasteiger partial charge in [-0.1, -0.05) is 25.4 Å². The van der Waals surface area contributed by atoms with E-state index in [1.165, 1.54) is 12.1 Å². The van der Waals surface area contributed by atoms with Gasteiger partial charge >= 0.3 is 0 Å². The molecule has 0 fully saturated rings.